The lowest BCUT2D eigenvalue weighted by molar-refractivity contribution is -0.140. The number of amides is 4. The fourth-order valence-electron chi connectivity index (χ4n) is 10.0. The minimum absolute atomic E-state index is 0.0134. The summed E-state index contributed by atoms with van der Waals surface area (Å²) in [6.07, 6.45) is -2.18. The Labute approximate surface area is 668 Å². The first-order chi connectivity index (χ1) is 49.0. The molecular formula is C62H46Br8N8O22S4. The number of carboxylic acid groups (broad SMARTS) is 6. The number of hydrogen-bond donors (Lipinski definition) is 16. The number of nitrogens with one attached hydrogen (secondary N) is 8. The first kappa shape index (κ1) is 82.1. The molecule has 4 aromatic rings. The van der Waals surface area contributed by atoms with Crippen LogP contribution < -0.4 is 53.4 Å². The number of fused-ring (bicyclic) bond motifs is 4. The van der Waals surface area contributed by atoms with Crippen molar-refractivity contribution in [1.82, 2.24) is 31.9 Å². The number of anilines is 2. The summed E-state index contributed by atoms with van der Waals surface area (Å²) in [6, 6.07) is 7.68. The minimum atomic E-state index is -1.60. The summed E-state index contributed by atoms with van der Waals surface area (Å²) < 4.78 is 13.0. The number of halogens is 8. The van der Waals surface area contributed by atoms with Crippen molar-refractivity contribution in [2.24, 2.45) is 0 Å². The molecule has 4 unspecified atom stereocenters. The molecule has 4 amide bonds. The third kappa shape index (κ3) is 19.6. The third-order valence-corrected chi connectivity index (χ3v) is 23.0. The van der Waals surface area contributed by atoms with Crippen molar-refractivity contribution in [3.05, 3.63) is 128 Å². The van der Waals surface area contributed by atoms with E-state index in [0.29, 0.717) is 10.8 Å². The Bertz CT molecular complexity index is 4710. The molecule has 0 fully saturated rings. The SMILES string of the molecule is O=C(O)CNC(=O)C(CSSCC(NC(=O)CCC(NC(=S)Nc1ccc(-c2c3cc(Br)c(=O)c(Br)c-3oc3c(Br)c(O)c(Br)cc23)c(C(=O)O)c1)C(=O)O)C(=O)NCC(=O)O)NC(=O)CCC(NC(=S)Nc1ccc(-c2c3cc(Br)c(=O)c(Br)c-3oc3c(Br)c(O)c(Br)cc23)c(C(=O)O)c1)C(=O)O. The number of carboxylic acids is 6. The van der Waals surface area contributed by atoms with Crippen molar-refractivity contribution < 1.29 is 97.6 Å². The number of phenols is 2. The van der Waals surface area contributed by atoms with Crippen LogP contribution in [0.5, 0.6) is 11.5 Å². The van der Waals surface area contributed by atoms with Gasteiger partial charge in [-0.2, -0.15) is 0 Å². The van der Waals surface area contributed by atoms with Gasteiger partial charge in [-0.25, -0.2) is 19.2 Å². The first-order valence-electron chi connectivity index (χ1n) is 29.1. The molecule has 0 aromatic heterocycles. The standard InChI is InChI=1S/C62H46Br8N8O22S4/c63-29-11-25-41(26-12-30(64)48(86)44(68)52(26)99-51(25)43(67)47(29)85)21-3-1-19(9-23(21)57(91)92)73-61(101)77-33(59(95)96)5-7-37(79)75-35(55(89)71-15-39(81)82)17-103-104-18-36(56(90)72-16-40(83)84)76-38(80)8-6-34(60(97)98)78-62(102)74-20-2-4-22(24(10-20)58(93)94)42-27-13-31(65)49(87)45(69)53(27)100-54-28(42)14-32(66)50(88)46(54)70/h1-4,9-14,33-36,85,87H,5-8,15-18H2,(H,71,89)(H,72,90)(H,75,79)(H,76,80)(H,81,82)(H,83,84)(H,91,92)(H,93,94)(H,95,96)(H,97,98)(H2,73,77,101)(H2,74,78,102). The second kappa shape index (κ2) is 35.7. The van der Waals surface area contributed by atoms with E-state index in [4.69, 9.17) is 33.3 Å². The summed E-state index contributed by atoms with van der Waals surface area (Å²) in [5, 5.41) is 101. The van der Waals surface area contributed by atoms with Gasteiger partial charge in [0.1, 0.15) is 66.6 Å². The Hall–Kier alpha value is -7.52. The van der Waals surface area contributed by atoms with Crippen LogP contribution in [0.2, 0.25) is 0 Å². The van der Waals surface area contributed by atoms with E-state index in [1.807, 2.05) is 0 Å². The summed E-state index contributed by atoms with van der Waals surface area (Å²) in [5.74, 6) is -13.9. The van der Waals surface area contributed by atoms with E-state index in [1.165, 1.54) is 60.7 Å². The predicted octanol–water partition coefficient (Wildman–Crippen LogP) is 10.8. The summed E-state index contributed by atoms with van der Waals surface area (Å²) in [7, 11) is 1.63. The lowest BCUT2D eigenvalue weighted by Gasteiger charge is -2.21. The summed E-state index contributed by atoms with van der Waals surface area (Å²) in [6.45, 7) is -1.80. The molecule has 0 saturated carbocycles. The fraction of sp³-hybridized carbons (Fsp3) is 0.194. The maximum atomic E-state index is 13.5. The molecule has 2 aliphatic heterocycles. The quantitative estimate of drug-likeness (QED) is 0.00896. The van der Waals surface area contributed by atoms with Gasteiger partial charge >= 0.3 is 35.8 Å². The van der Waals surface area contributed by atoms with Crippen LogP contribution in [0.1, 0.15) is 46.4 Å². The average Bonchev–Trinajstić information content (AvgIpc) is 0.735. The molecule has 4 atom stereocenters. The van der Waals surface area contributed by atoms with Gasteiger partial charge in [-0.3, -0.25) is 38.4 Å². The normalized spacial score (nSPS) is 12.3. The van der Waals surface area contributed by atoms with E-state index >= 15 is 0 Å². The van der Waals surface area contributed by atoms with Crippen molar-refractivity contribution in [2.75, 3.05) is 35.2 Å². The Morgan fingerprint density at radius 2 is 0.808 bits per heavy atom. The number of aromatic carboxylic acids is 2. The molecule has 8 rings (SSSR count). The second-order valence-electron chi connectivity index (χ2n) is 21.7. The highest BCUT2D eigenvalue weighted by Gasteiger charge is 2.33. The Morgan fingerprint density at radius 3 is 1.13 bits per heavy atom. The van der Waals surface area contributed by atoms with Gasteiger partial charge in [0.05, 0.1) is 29.0 Å². The van der Waals surface area contributed by atoms with Crippen LogP contribution in [-0.2, 0) is 38.4 Å². The molecule has 0 spiro atoms. The highest BCUT2D eigenvalue weighted by molar-refractivity contribution is 9.12. The zero-order chi connectivity index (χ0) is 76.6. The fourth-order valence-corrected chi connectivity index (χ4v) is 17.7. The van der Waals surface area contributed by atoms with Crippen molar-refractivity contribution in [3.8, 4) is 56.4 Å². The molecule has 0 bridgehead atoms. The van der Waals surface area contributed by atoms with Crippen molar-refractivity contribution >= 4 is 276 Å². The maximum Gasteiger partial charge on any atom is 0.336 e. The summed E-state index contributed by atoms with van der Waals surface area (Å²) in [4.78, 5) is 153. The Morgan fingerprint density at radius 1 is 0.452 bits per heavy atom. The van der Waals surface area contributed by atoms with Gasteiger partial charge < -0.3 is 92.2 Å². The molecule has 16 N–H and O–H groups in total. The van der Waals surface area contributed by atoms with E-state index in [9.17, 15) is 98.4 Å². The van der Waals surface area contributed by atoms with Crippen LogP contribution in [0, 0.1) is 0 Å². The highest BCUT2D eigenvalue weighted by atomic mass is 79.9. The zero-order valence-electron chi connectivity index (χ0n) is 51.7. The minimum Gasteiger partial charge on any atom is -0.505 e. The monoisotopic (exact) mass is 2010 g/mol. The van der Waals surface area contributed by atoms with E-state index in [1.54, 1.807) is 0 Å². The van der Waals surface area contributed by atoms with Crippen molar-refractivity contribution in [3.63, 3.8) is 0 Å². The van der Waals surface area contributed by atoms with E-state index in [-0.39, 0.29) is 148 Å². The number of hydrogen-bond acceptors (Lipinski definition) is 20. The van der Waals surface area contributed by atoms with Gasteiger partial charge in [-0.05, 0) is 224 Å². The largest absolute Gasteiger partial charge is 0.505 e. The van der Waals surface area contributed by atoms with Crippen molar-refractivity contribution in [1.29, 1.82) is 0 Å². The third-order valence-electron chi connectivity index (χ3n) is 14.8. The molecule has 0 saturated heterocycles. The number of benzene rings is 6. The van der Waals surface area contributed by atoms with Crippen LogP contribution >= 0.6 is 173 Å². The highest BCUT2D eigenvalue weighted by Crippen LogP contribution is 2.52. The molecule has 2 aliphatic carbocycles. The van der Waals surface area contributed by atoms with E-state index in [2.05, 4.69) is 170 Å². The van der Waals surface area contributed by atoms with Crippen molar-refractivity contribution in [2.45, 2.75) is 49.9 Å². The average molecular weight is 2020 g/mol. The van der Waals surface area contributed by atoms with Gasteiger partial charge in [0.15, 0.2) is 32.9 Å². The molecule has 42 heteroatoms. The molecule has 30 nitrogen and oxygen atoms in total. The summed E-state index contributed by atoms with van der Waals surface area (Å²) >= 11 is 37.1. The van der Waals surface area contributed by atoms with Gasteiger partial charge in [0.25, 0.3) is 0 Å². The van der Waals surface area contributed by atoms with Gasteiger partial charge in [-0.15, -0.1) is 0 Å². The number of thiocarbonyl (C=S) groups is 2. The summed E-state index contributed by atoms with van der Waals surface area (Å²) in [5.41, 5.74) is -0.129. The van der Waals surface area contributed by atoms with Crippen LogP contribution in [0.15, 0.2) is 115 Å². The molecule has 546 valence electrons. The number of aromatic hydroxyl groups is 2. The van der Waals surface area contributed by atoms with Crippen LogP contribution in [0.4, 0.5) is 11.4 Å². The first-order valence-corrected chi connectivity index (χ1v) is 38.7. The molecule has 0 radical (unpaired) electrons. The molecule has 104 heavy (non-hydrogen) atoms. The van der Waals surface area contributed by atoms with Crippen LogP contribution in [0.25, 0.3) is 66.8 Å². The molecule has 4 aromatic carbocycles. The lowest BCUT2D eigenvalue weighted by atomic mass is 9.90. The number of rotatable bonds is 29. The van der Waals surface area contributed by atoms with E-state index in [0.717, 1.165) is 21.6 Å². The zero-order valence-corrected chi connectivity index (χ0v) is 67.6. The number of carbonyl (C=O) groups is 10. The Balaban J connectivity index is 0.889. The molecule has 2 heterocycles. The van der Waals surface area contributed by atoms with Gasteiger partial charge in [0.2, 0.25) is 34.5 Å². The van der Waals surface area contributed by atoms with Gasteiger partial charge in [0, 0.05) is 68.7 Å². The number of carbonyl (C=O) groups excluding carboxylic acids is 4. The second-order valence-corrected chi connectivity index (χ2v) is 31.7. The number of aliphatic carboxylic acids is 4. The Kier molecular flexibility index (Phi) is 28.2. The van der Waals surface area contributed by atoms with Gasteiger partial charge in [-0.1, -0.05) is 33.7 Å². The number of phenolic OH excluding ortho intramolecular Hbond substituents is 2. The smallest absolute Gasteiger partial charge is 0.336 e. The van der Waals surface area contributed by atoms with Crippen LogP contribution in [-0.4, -0.2) is 159 Å². The topological polar surface area (TPSA) is 489 Å². The molecular weight excluding hydrogens is 1980 g/mol. The predicted molar refractivity (Wildman–Crippen MR) is 418 cm³/mol. The molecule has 4 aliphatic rings. The maximum absolute atomic E-state index is 13.5. The van der Waals surface area contributed by atoms with Crippen LogP contribution in [0.3, 0.4) is 0 Å². The lowest BCUT2D eigenvalue weighted by Crippen LogP contribution is -2.50. The van der Waals surface area contributed by atoms with E-state index < -0.39 is 133 Å².